The van der Waals surface area contributed by atoms with E-state index in [-0.39, 0.29) is 23.0 Å². The molecule has 0 bridgehead atoms. The molecule has 140 valence electrons. The Balaban J connectivity index is 2.27. The predicted octanol–water partition coefficient (Wildman–Crippen LogP) is 3.63. The van der Waals surface area contributed by atoms with Crippen molar-refractivity contribution < 1.29 is 14.3 Å². The zero-order valence-electron chi connectivity index (χ0n) is 15.9. The zero-order chi connectivity index (χ0) is 18.1. The maximum Gasteiger partial charge on any atom is 0.407 e. The molecule has 1 rings (SSSR count). The first-order chi connectivity index (χ1) is 11.2. The predicted molar refractivity (Wildman–Crippen MR) is 97.9 cm³/mol. The monoisotopic (exact) mass is 340 g/mol. The Labute approximate surface area is 147 Å². The summed E-state index contributed by atoms with van der Waals surface area (Å²) in [5.41, 5.74) is 5.54. The molecule has 1 aliphatic carbocycles. The van der Waals surface area contributed by atoms with Gasteiger partial charge in [0.2, 0.25) is 0 Å². The van der Waals surface area contributed by atoms with Gasteiger partial charge in [-0.25, -0.2) is 4.79 Å². The van der Waals surface area contributed by atoms with Crippen molar-refractivity contribution in [2.45, 2.75) is 65.9 Å². The number of carbonyl (C=O) groups excluding carboxylic acids is 1. The SMILES string of the molecule is CC(C)(CN)COCC(C)(C)CNC(=O)OC1CC/C=C/CCC1. The number of amides is 1. The Morgan fingerprint density at radius 1 is 1.12 bits per heavy atom. The first kappa shape index (κ1) is 21.0. The molecule has 0 saturated heterocycles. The highest BCUT2D eigenvalue weighted by Crippen LogP contribution is 2.19. The molecule has 0 heterocycles. The second-order valence-corrected chi connectivity index (χ2v) is 8.39. The van der Waals surface area contributed by atoms with Crippen LogP contribution in [-0.4, -0.2) is 38.5 Å². The van der Waals surface area contributed by atoms with Crippen LogP contribution in [0.1, 0.15) is 59.8 Å². The lowest BCUT2D eigenvalue weighted by molar-refractivity contribution is 0.0168. The summed E-state index contributed by atoms with van der Waals surface area (Å²) in [6, 6.07) is 0. The lowest BCUT2D eigenvalue weighted by Gasteiger charge is -2.28. The molecule has 0 aromatic heterocycles. The molecule has 0 saturated carbocycles. The van der Waals surface area contributed by atoms with Gasteiger partial charge in [0.05, 0.1) is 13.2 Å². The molecule has 3 N–H and O–H groups in total. The molecule has 1 aliphatic rings. The maximum absolute atomic E-state index is 12.0. The molecular weight excluding hydrogens is 304 g/mol. The minimum Gasteiger partial charge on any atom is -0.446 e. The van der Waals surface area contributed by atoms with Crippen LogP contribution in [-0.2, 0) is 9.47 Å². The molecular formula is C19H36N2O3. The molecule has 1 amide bonds. The number of alkyl carbamates (subject to hydrolysis) is 1. The summed E-state index contributed by atoms with van der Waals surface area (Å²) in [7, 11) is 0. The van der Waals surface area contributed by atoms with Gasteiger partial charge in [0.1, 0.15) is 6.10 Å². The van der Waals surface area contributed by atoms with E-state index in [4.69, 9.17) is 15.2 Å². The van der Waals surface area contributed by atoms with Crippen molar-refractivity contribution in [2.24, 2.45) is 16.6 Å². The fraction of sp³-hybridized carbons (Fsp3) is 0.842. The molecule has 5 nitrogen and oxygen atoms in total. The van der Waals surface area contributed by atoms with Crippen molar-refractivity contribution in [1.29, 1.82) is 0 Å². The standard InChI is InChI=1S/C19H36N2O3/c1-18(2,12-20)14-23-15-19(3,4)13-21-17(22)24-16-10-8-6-5-7-9-11-16/h5-6,16H,7-15,20H2,1-4H3,(H,21,22)/b6-5+. The van der Waals surface area contributed by atoms with E-state index in [1.54, 1.807) is 0 Å². The molecule has 0 aromatic rings. The number of hydrogen-bond acceptors (Lipinski definition) is 4. The summed E-state index contributed by atoms with van der Waals surface area (Å²) in [5, 5.41) is 2.88. The number of carbonyl (C=O) groups is 1. The van der Waals surface area contributed by atoms with Gasteiger partial charge >= 0.3 is 6.09 Å². The minimum atomic E-state index is -0.320. The molecule has 0 aliphatic heterocycles. The van der Waals surface area contributed by atoms with Gasteiger partial charge in [-0.2, -0.15) is 0 Å². The van der Waals surface area contributed by atoms with Gasteiger partial charge in [0, 0.05) is 17.4 Å². The van der Waals surface area contributed by atoms with Crippen molar-refractivity contribution in [1.82, 2.24) is 5.32 Å². The highest BCUT2D eigenvalue weighted by Gasteiger charge is 2.23. The van der Waals surface area contributed by atoms with Gasteiger partial charge in [-0.15, -0.1) is 0 Å². The number of nitrogens with one attached hydrogen (secondary N) is 1. The summed E-state index contributed by atoms with van der Waals surface area (Å²) >= 11 is 0. The van der Waals surface area contributed by atoms with Crippen molar-refractivity contribution in [3.8, 4) is 0 Å². The molecule has 0 aromatic carbocycles. The van der Waals surface area contributed by atoms with Crippen molar-refractivity contribution >= 4 is 6.09 Å². The van der Waals surface area contributed by atoms with Gasteiger partial charge in [-0.05, 0) is 38.6 Å². The lowest BCUT2D eigenvalue weighted by atomic mass is 9.93. The van der Waals surface area contributed by atoms with Gasteiger partial charge in [0.15, 0.2) is 0 Å². The zero-order valence-corrected chi connectivity index (χ0v) is 15.9. The summed E-state index contributed by atoms with van der Waals surface area (Å²) in [6.07, 6.45) is 9.08. The number of allylic oxidation sites excluding steroid dienone is 2. The van der Waals surface area contributed by atoms with E-state index in [2.05, 4.69) is 45.2 Å². The summed E-state index contributed by atoms with van der Waals surface area (Å²) in [5.74, 6) is 0. The first-order valence-electron chi connectivity index (χ1n) is 9.11. The average molecular weight is 341 g/mol. The van der Waals surface area contributed by atoms with Crippen molar-refractivity contribution in [2.75, 3.05) is 26.3 Å². The fourth-order valence-electron chi connectivity index (χ4n) is 2.46. The van der Waals surface area contributed by atoms with Gasteiger partial charge in [-0.1, -0.05) is 39.8 Å². The van der Waals surface area contributed by atoms with E-state index in [1.807, 2.05) is 0 Å². The quantitative estimate of drug-likeness (QED) is 0.662. The summed E-state index contributed by atoms with van der Waals surface area (Å²) in [4.78, 5) is 12.0. The number of nitrogens with two attached hydrogens (primary N) is 1. The van der Waals surface area contributed by atoms with Crippen LogP contribution in [0.5, 0.6) is 0 Å². The average Bonchev–Trinajstić information content (AvgIpc) is 2.47. The van der Waals surface area contributed by atoms with E-state index < -0.39 is 0 Å². The summed E-state index contributed by atoms with van der Waals surface area (Å²) < 4.78 is 11.3. The first-order valence-corrected chi connectivity index (χ1v) is 9.11. The normalized spacial score (nSPS) is 20.8. The van der Waals surface area contributed by atoms with E-state index in [1.165, 1.54) is 0 Å². The third-order valence-corrected chi connectivity index (χ3v) is 4.24. The largest absolute Gasteiger partial charge is 0.446 e. The molecule has 0 fully saturated rings. The van der Waals surface area contributed by atoms with E-state index >= 15 is 0 Å². The number of ether oxygens (including phenoxy) is 2. The van der Waals surface area contributed by atoms with Crippen LogP contribution in [0.25, 0.3) is 0 Å². The molecule has 24 heavy (non-hydrogen) atoms. The Morgan fingerprint density at radius 3 is 2.50 bits per heavy atom. The second-order valence-electron chi connectivity index (χ2n) is 8.39. The smallest absolute Gasteiger partial charge is 0.407 e. The third-order valence-electron chi connectivity index (χ3n) is 4.24. The Hall–Kier alpha value is -1.07. The van der Waals surface area contributed by atoms with Crippen molar-refractivity contribution in [3.05, 3.63) is 12.2 Å². The van der Waals surface area contributed by atoms with Gasteiger partial charge in [0.25, 0.3) is 0 Å². The van der Waals surface area contributed by atoms with Crippen molar-refractivity contribution in [3.63, 3.8) is 0 Å². The van der Waals surface area contributed by atoms with Crippen LogP contribution in [0.3, 0.4) is 0 Å². The maximum atomic E-state index is 12.0. The second kappa shape index (κ2) is 10.0. The van der Waals surface area contributed by atoms with E-state index in [0.29, 0.717) is 26.3 Å². The Morgan fingerprint density at radius 2 is 1.79 bits per heavy atom. The van der Waals surface area contributed by atoms with Gasteiger partial charge < -0.3 is 20.5 Å². The van der Waals surface area contributed by atoms with E-state index in [0.717, 1.165) is 32.1 Å². The summed E-state index contributed by atoms with van der Waals surface area (Å²) in [6.45, 7) is 10.6. The third kappa shape index (κ3) is 9.28. The van der Waals surface area contributed by atoms with Crippen LogP contribution in [0.4, 0.5) is 4.79 Å². The number of rotatable bonds is 8. The number of hydrogen-bond donors (Lipinski definition) is 2. The molecule has 0 radical (unpaired) electrons. The molecule has 1 atom stereocenters. The Bertz CT molecular complexity index is 405. The van der Waals surface area contributed by atoms with Crippen LogP contribution >= 0.6 is 0 Å². The molecule has 1 unspecified atom stereocenters. The molecule has 0 spiro atoms. The van der Waals surface area contributed by atoms with Crippen LogP contribution in [0, 0.1) is 10.8 Å². The minimum absolute atomic E-state index is 0.0188. The highest BCUT2D eigenvalue weighted by atomic mass is 16.6. The van der Waals surface area contributed by atoms with Crippen LogP contribution < -0.4 is 11.1 Å². The van der Waals surface area contributed by atoms with Crippen LogP contribution in [0.2, 0.25) is 0 Å². The topological polar surface area (TPSA) is 73.6 Å². The lowest BCUT2D eigenvalue weighted by Crippen LogP contribution is -2.39. The fourth-order valence-corrected chi connectivity index (χ4v) is 2.46. The Kier molecular flexibility index (Phi) is 8.78. The van der Waals surface area contributed by atoms with Crippen LogP contribution in [0.15, 0.2) is 12.2 Å². The highest BCUT2D eigenvalue weighted by molar-refractivity contribution is 5.67. The van der Waals surface area contributed by atoms with Gasteiger partial charge in [-0.3, -0.25) is 0 Å². The van der Waals surface area contributed by atoms with E-state index in [9.17, 15) is 4.79 Å². The molecule has 5 heteroatoms.